The van der Waals surface area contributed by atoms with E-state index in [1.165, 1.54) is 41.4 Å². The highest BCUT2D eigenvalue weighted by Crippen LogP contribution is 2.33. The first-order chi connectivity index (χ1) is 22.8. The molecule has 1 saturated heterocycles. The standard InChI is InChI=1S/C30H24F3N7O7S/c1-18-6-8-19(9-7-18)25-14-26(30(31,32)33)34-38(25)21-10-12-22(13-11-21)48(44,45)35-27(41)20-15-36(16-20)39-40(47-39)46-17-37-28(42)23-4-2-3-5-24(23)29(37)43/h2-14,20H,15-17H2,1H3,(H,35,41). The summed E-state index contributed by atoms with van der Waals surface area (Å²) in [5, 5.41) is 6.13. The molecule has 1 fully saturated rings. The van der Waals surface area contributed by atoms with Crippen molar-refractivity contribution in [2.45, 2.75) is 18.0 Å². The lowest BCUT2D eigenvalue weighted by molar-refractivity contribution is -0.141. The number of benzene rings is 3. The Morgan fingerprint density at radius 2 is 1.60 bits per heavy atom. The quantitative estimate of drug-likeness (QED) is 0.231. The van der Waals surface area contributed by atoms with Crippen LogP contribution in [-0.2, 0) is 21.0 Å². The van der Waals surface area contributed by atoms with Gasteiger partial charge in [0.15, 0.2) is 5.69 Å². The van der Waals surface area contributed by atoms with Gasteiger partial charge in [0, 0.05) is 10.5 Å². The lowest BCUT2D eigenvalue weighted by Gasteiger charge is -2.34. The molecule has 2 aliphatic heterocycles. The summed E-state index contributed by atoms with van der Waals surface area (Å²) in [6.45, 7) is 1.55. The first-order valence-corrected chi connectivity index (χ1v) is 15.8. The number of aromatic nitrogens is 4. The van der Waals surface area contributed by atoms with Crippen molar-refractivity contribution in [3.05, 3.63) is 101 Å². The molecule has 14 nitrogen and oxygen atoms in total. The van der Waals surface area contributed by atoms with E-state index < -0.39 is 52.3 Å². The summed E-state index contributed by atoms with van der Waals surface area (Å²) in [5.74, 6) is -2.53. The van der Waals surface area contributed by atoms with Crippen LogP contribution >= 0.6 is 0 Å². The zero-order valence-corrected chi connectivity index (χ0v) is 25.6. The Labute approximate surface area is 269 Å². The van der Waals surface area contributed by atoms with Crippen LogP contribution in [0.15, 0.2) is 88.4 Å². The van der Waals surface area contributed by atoms with E-state index in [0.717, 1.165) is 31.2 Å². The third-order valence-corrected chi connectivity index (χ3v) is 9.24. The fourth-order valence-corrected chi connectivity index (χ4v) is 6.23. The third-order valence-electron chi connectivity index (χ3n) is 7.88. The second kappa shape index (κ2) is 11.2. The van der Waals surface area contributed by atoms with Gasteiger partial charge in [0.1, 0.15) is 5.02 Å². The van der Waals surface area contributed by atoms with Crippen molar-refractivity contribution < 1.29 is 45.4 Å². The molecule has 4 heterocycles. The maximum Gasteiger partial charge on any atom is 0.435 e. The van der Waals surface area contributed by atoms with E-state index in [0.29, 0.717) is 5.56 Å². The van der Waals surface area contributed by atoms with E-state index in [1.807, 2.05) is 11.6 Å². The van der Waals surface area contributed by atoms with E-state index in [2.05, 4.69) is 5.10 Å². The second-order valence-corrected chi connectivity index (χ2v) is 12.8. The summed E-state index contributed by atoms with van der Waals surface area (Å²) < 4.78 is 74.8. The lowest BCUT2D eigenvalue weighted by Crippen LogP contribution is -2.58. The molecule has 0 spiro atoms. The van der Waals surface area contributed by atoms with E-state index in [4.69, 9.17) is 9.47 Å². The summed E-state index contributed by atoms with van der Waals surface area (Å²) >= 11 is 0. The summed E-state index contributed by atoms with van der Waals surface area (Å²) in [5.41, 5.74) is 1.15. The van der Waals surface area contributed by atoms with Gasteiger partial charge in [-0.05, 0) is 49.4 Å². The predicted octanol–water partition coefficient (Wildman–Crippen LogP) is 2.82. The zero-order chi connectivity index (χ0) is 34.0. The van der Waals surface area contributed by atoms with Crippen LogP contribution in [0.2, 0.25) is 0 Å². The number of alkyl halides is 3. The smallest absolute Gasteiger partial charge is 0.343 e. The minimum Gasteiger partial charge on any atom is -0.343 e. The van der Waals surface area contributed by atoms with Crippen LogP contribution in [0.1, 0.15) is 32.0 Å². The van der Waals surface area contributed by atoms with Gasteiger partial charge < -0.3 is 4.84 Å². The minimum atomic E-state index is -4.70. The summed E-state index contributed by atoms with van der Waals surface area (Å²) in [6, 6.07) is 19.0. The highest BCUT2D eigenvalue weighted by Gasteiger charge is 2.41. The Morgan fingerprint density at radius 3 is 2.21 bits per heavy atom. The number of carbonyl (C=O) groups excluding carboxylic acids is 3. The molecule has 2 aliphatic rings. The van der Waals surface area contributed by atoms with Crippen molar-refractivity contribution in [2.75, 3.05) is 24.8 Å². The highest BCUT2D eigenvalue weighted by atomic mass is 32.2. The van der Waals surface area contributed by atoms with Crippen LogP contribution in [0, 0.1) is 12.8 Å². The molecule has 0 radical (unpaired) electrons. The van der Waals surface area contributed by atoms with Crippen LogP contribution in [0.3, 0.4) is 0 Å². The molecule has 48 heavy (non-hydrogen) atoms. The Kier molecular flexibility index (Phi) is 7.19. The molecule has 7 rings (SSSR count). The predicted molar refractivity (Wildman–Crippen MR) is 159 cm³/mol. The summed E-state index contributed by atoms with van der Waals surface area (Å²) in [4.78, 5) is 44.8. The van der Waals surface area contributed by atoms with E-state index in [-0.39, 0.29) is 40.5 Å². The number of nitrogens with one attached hydrogen (secondary N) is 1. The SMILES string of the molecule is Cc1ccc(-c2cc(C(F)(F)F)nn2-c2ccc(S(=O)(=O)NC(=O)C3CN(n4on4OCN4C(=O)c5ccccc5C4=O)C3)cc2)cc1. The number of carbonyl (C=O) groups is 3. The van der Waals surface area contributed by atoms with Crippen molar-refractivity contribution in [1.29, 1.82) is 0 Å². The van der Waals surface area contributed by atoms with Crippen molar-refractivity contribution in [2.24, 2.45) is 5.92 Å². The van der Waals surface area contributed by atoms with E-state index in [1.54, 1.807) is 36.4 Å². The Hall–Kier alpha value is -5.78. The molecule has 3 aromatic carbocycles. The Morgan fingerprint density at radius 1 is 0.979 bits per heavy atom. The molecule has 0 unspecified atom stereocenters. The molecule has 18 heteroatoms. The van der Waals surface area contributed by atoms with E-state index >= 15 is 0 Å². The average molecular weight is 684 g/mol. The maximum absolute atomic E-state index is 13.5. The fourth-order valence-electron chi connectivity index (χ4n) is 5.19. The van der Waals surface area contributed by atoms with Gasteiger partial charge in [-0.1, -0.05) is 42.0 Å². The van der Waals surface area contributed by atoms with Crippen molar-refractivity contribution >= 4 is 27.7 Å². The number of fused-ring (bicyclic) bond motifs is 1. The highest BCUT2D eigenvalue weighted by molar-refractivity contribution is 7.90. The van der Waals surface area contributed by atoms with Crippen molar-refractivity contribution in [3.8, 4) is 16.9 Å². The average Bonchev–Trinajstić information content (AvgIpc) is 3.54. The molecule has 0 saturated carbocycles. The number of rotatable bonds is 9. The first-order valence-electron chi connectivity index (χ1n) is 14.3. The Balaban J connectivity index is 0.957. The number of halogens is 3. The third kappa shape index (κ3) is 5.59. The van der Waals surface area contributed by atoms with Gasteiger partial charge in [0.2, 0.25) is 12.6 Å². The maximum atomic E-state index is 13.5. The Bertz CT molecular complexity index is 2120. The van der Waals surface area contributed by atoms with Crippen LogP contribution < -0.4 is 14.6 Å². The summed E-state index contributed by atoms with van der Waals surface area (Å²) in [6.07, 6.45) is -4.70. The molecule has 5 aromatic rings. The van der Waals surface area contributed by atoms with Gasteiger partial charge in [-0.3, -0.25) is 19.4 Å². The topological polar surface area (TPSA) is 154 Å². The normalized spacial score (nSPS) is 15.2. The van der Waals surface area contributed by atoms with Gasteiger partial charge in [0.25, 0.3) is 21.8 Å². The number of hydrogen-bond acceptors (Lipinski definition) is 9. The number of amides is 3. The number of sulfonamides is 1. The molecule has 0 aliphatic carbocycles. The van der Waals surface area contributed by atoms with Crippen LogP contribution in [-0.4, -0.2) is 70.6 Å². The van der Waals surface area contributed by atoms with Gasteiger partial charge in [-0.15, -0.1) is 0 Å². The van der Waals surface area contributed by atoms with Gasteiger partial charge in [0.05, 0.1) is 46.4 Å². The van der Waals surface area contributed by atoms with Gasteiger partial charge in [-0.25, -0.2) is 22.7 Å². The summed E-state index contributed by atoms with van der Waals surface area (Å²) in [7, 11) is -4.33. The molecule has 1 N–H and O–H groups in total. The van der Waals surface area contributed by atoms with Gasteiger partial charge >= 0.3 is 6.18 Å². The van der Waals surface area contributed by atoms with Crippen molar-refractivity contribution in [3.63, 3.8) is 0 Å². The van der Waals surface area contributed by atoms with E-state index in [9.17, 15) is 36.0 Å². The minimum absolute atomic E-state index is 0.0653. The molecular weight excluding hydrogens is 659 g/mol. The van der Waals surface area contributed by atoms with Gasteiger partial charge in [-0.2, -0.15) is 22.9 Å². The van der Waals surface area contributed by atoms with Crippen LogP contribution in [0.5, 0.6) is 0 Å². The molecule has 3 amide bonds. The molecule has 0 bridgehead atoms. The lowest BCUT2D eigenvalue weighted by atomic mass is 10.0. The molecule has 2 aromatic heterocycles. The molecular formula is C30H24F3N7O7S. The number of nitrogens with zero attached hydrogens (tertiary/aromatic N) is 6. The van der Waals surface area contributed by atoms with Crippen molar-refractivity contribution in [1.82, 2.24) is 29.4 Å². The number of aryl methyl sites for hydroxylation is 1. The second-order valence-electron chi connectivity index (χ2n) is 11.1. The first kappa shape index (κ1) is 30.9. The monoisotopic (exact) mass is 683 g/mol. The zero-order valence-electron chi connectivity index (χ0n) is 24.8. The largest absolute Gasteiger partial charge is 0.435 e. The van der Waals surface area contributed by atoms with Crippen LogP contribution in [0.25, 0.3) is 16.9 Å². The van der Waals surface area contributed by atoms with Crippen LogP contribution in [0.4, 0.5) is 13.2 Å². The number of hydrogen-bond donors (Lipinski definition) is 1. The molecule has 0 atom stereocenters. The number of imide groups is 1. The molecule has 248 valence electrons. The fraction of sp³-hybridized carbons (Fsp3) is 0.200.